The number of hydrogen-bond donors (Lipinski definition) is 1. The van der Waals surface area contributed by atoms with E-state index < -0.39 is 0 Å². The van der Waals surface area contributed by atoms with Crippen LogP contribution in [0.25, 0.3) is 10.2 Å². The molecule has 3 nitrogen and oxygen atoms in total. The van der Waals surface area contributed by atoms with Gasteiger partial charge < -0.3 is 0 Å². The molecule has 0 bridgehead atoms. The summed E-state index contributed by atoms with van der Waals surface area (Å²) in [5, 5.41) is 5.39. The molecule has 2 aromatic heterocycles. The second-order valence-electron chi connectivity index (χ2n) is 4.11. The van der Waals surface area contributed by atoms with Gasteiger partial charge >= 0.3 is 0 Å². The molecule has 2 heterocycles. The third-order valence-electron chi connectivity index (χ3n) is 2.83. The van der Waals surface area contributed by atoms with E-state index in [0.717, 1.165) is 16.6 Å². The van der Waals surface area contributed by atoms with Crippen molar-refractivity contribution in [1.82, 2.24) is 4.98 Å². The standard InChI is InChI=1S/C14H12N2OS2/c1-2-9-5-6-10-12(8-9)19-14(15-10)16-13(17)11-4-3-7-18-11/h3-8H,2H2,1H3,(H,15,16,17). The first-order valence-electron chi connectivity index (χ1n) is 6.00. The van der Waals surface area contributed by atoms with Crippen molar-refractivity contribution in [2.24, 2.45) is 0 Å². The Kier molecular flexibility index (Phi) is 3.31. The van der Waals surface area contributed by atoms with Gasteiger partial charge in [0.2, 0.25) is 0 Å². The Bertz CT molecular complexity index is 716. The van der Waals surface area contributed by atoms with Crippen LogP contribution in [0.4, 0.5) is 5.13 Å². The van der Waals surface area contributed by atoms with Gasteiger partial charge in [0.15, 0.2) is 5.13 Å². The van der Waals surface area contributed by atoms with E-state index in [0.29, 0.717) is 10.0 Å². The Hall–Kier alpha value is -1.72. The van der Waals surface area contributed by atoms with Crippen LogP contribution < -0.4 is 5.32 Å². The van der Waals surface area contributed by atoms with E-state index in [1.807, 2.05) is 23.6 Å². The Morgan fingerprint density at radius 1 is 1.37 bits per heavy atom. The van der Waals surface area contributed by atoms with E-state index in [9.17, 15) is 4.79 Å². The van der Waals surface area contributed by atoms with Crippen LogP contribution in [0.1, 0.15) is 22.2 Å². The van der Waals surface area contributed by atoms with Gasteiger partial charge in [-0.1, -0.05) is 30.4 Å². The lowest BCUT2D eigenvalue weighted by atomic mass is 10.2. The van der Waals surface area contributed by atoms with Gasteiger partial charge in [0.25, 0.3) is 5.91 Å². The van der Waals surface area contributed by atoms with E-state index >= 15 is 0 Å². The zero-order chi connectivity index (χ0) is 13.2. The molecule has 0 aliphatic carbocycles. The van der Waals surface area contributed by atoms with E-state index in [1.54, 1.807) is 0 Å². The summed E-state index contributed by atoms with van der Waals surface area (Å²) in [5.74, 6) is -0.0928. The lowest BCUT2D eigenvalue weighted by molar-refractivity contribution is 0.103. The molecule has 96 valence electrons. The highest BCUT2D eigenvalue weighted by Gasteiger charge is 2.10. The van der Waals surface area contributed by atoms with Crippen molar-refractivity contribution in [2.45, 2.75) is 13.3 Å². The average Bonchev–Trinajstić information content (AvgIpc) is 3.06. The van der Waals surface area contributed by atoms with Gasteiger partial charge in [-0.05, 0) is 35.6 Å². The number of aryl methyl sites for hydroxylation is 1. The maximum absolute atomic E-state index is 11.9. The smallest absolute Gasteiger partial charge is 0.267 e. The lowest BCUT2D eigenvalue weighted by Gasteiger charge is -1.96. The second-order valence-corrected chi connectivity index (χ2v) is 6.08. The number of benzene rings is 1. The number of fused-ring (bicyclic) bond motifs is 1. The highest BCUT2D eigenvalue weighted by Crippen LogP contribution is 2.27. The molecule has 0 radical (unpaired) electrons. The minimum atomic E-state index is -0.0928. The molecule has 1 aromatic carbocycles. The number of carbonyl (C=O) groups is 1. The lowest BCUT2D eigenvalue weighted by Crippen LogP contribution is -2.09. The van der Waals surface area contributed by atoms with Crippen LogP contribution in [0.5, 0.6) is 0 Å². The average molecular weight is 288 g/mol. The molecule has 0 unspecified atom stereocenters. The maximum Gasteiger partial charge on any atom is 0.267 e. The van der Waals surface area contributed by atoms with Gasteiger partial charge in [-0.3, -0.25) is 10.1 Å². The normalized spacial score (nSPS) is 10.8. The topological polar surface area (TPSA) is 42.0 Å². The summed E-state index contributed by atoms with van der Waals surface area (Å²) < 4.78 is 1.11. The molecule has 0 fully saturated rings. The summed E-state index contributed by atoms with van der Waals surface area (Å²) in [4.78, 5) is 17.1. The SMILES string of the molecule is CCc1ccc2nc(NC(=O)c3cccs3)sc2c1. The zero-order valence-electron chi connectivity index (χ0n) is 10.3. The second kappa shape index (κ2) is 5.11. The van der Waals surface area contributed by atoms with Gasteiger partial charge in [-0.15, -0.1) is 11.3 Å². The molecule has 0 saturated heterocycles. The molecule has 19 heavy (non-hydrogen) atoms. The maximum atomic E-state index is 11.9. The molecule has 0 atom stereocenters. The third-order valence-corrected chi connectivity index (χ3v) is 4.63. The number of thiazole rings is 1. The number of amides is 1. The summed E-state index contributed by atoms with van der Waals surface area (Å²) in [6.45, 7) is 2.13. The molecule has 1 amide bonds. The van der Waals surface area contributed by atoms with Gasteiger partial charge in [0.1, 0.15) is 0 Å². The molecular weight excluding hydrogens is 276 g/mol. The Balaban J connectivity index is 1.87. The molecule has 0 spiro atoms. The number of carbonyl (C=O) groups excluding carboxylic acids is 1. The summed E-state index contributed by atoms with van der Waals surface area (Å²) in [5.41, 5.74) is 2.22. The number of anilines is 1. The Labute approximate surface area is 118 Å². The van der Waals surface area contributed by atoms with E-state index in [-0.39, 0.29) is 5.91 Å². The highest BCUT2D eigenvalue weighted by atomic mass is 32.1. The molecular formula is C14H12N2OS2. The van der Waals surface area contributed by atoms with Crippen molar-refractivity contribution >= 4 is 43.9 Å². The monoisotopic (exact) mass is 288 g/mol. The molecule has 3 rings (SSSR count). The number of nitrogens with one attached hydrogen (secondary N) is 1. The van der Waals surface area contributed by atoms with Crippen molar-refractivity contribution in [2.75, 3.05) is 5.32 Å². The van der Waals surface area contributed by atoms with Gasteiger partial charge in [0.05, 0.1) is 15.1 Å². The molecule has 3 aromatic rings. The van der Waals surface area contributed by atoms with Crippen LogP contribution >= 0.6 is 22.7 Å². The van der Waals surface area contributed by atoms with E-state index in [1.165, 1.54) is 28.2 Å². The van der Waals surface area contributed by atoms with E-state index in [2.05, 4.69) is 29.4 Å². The Morgan fingerprint density at radius 3 is 3.00 bits per heavy atom. The summed E-state index contributed by atoms with van der Waals surface area (Å²) >= 11 is 2.94. The predicted octanol–water partition coefficient (Wildman–Crippen LogP) is 4.17. The van der Waals surface area contributed by atoms with Crippen LogP contribution in [0.15, 0.2) is 35.7 Å². The van der Waals surface area contributed by atoms with Crippen molar-refractivity contribution in [3.05, 3.63) is 46.2 Å². The van der Waals surface area contributed by atoms with E-state index in [4.69, 9.17) is 0 Å². The molecule has 1 N–H and O–H groups in total. The molecule has 0 saturated carbocycles. The van der Waals surface area contributed by atoms with Crippen molar-refractivity contribution in [1.29, 1.82) is 0 Å². The largest absolute Gasteiger partial charge is 0.297 e. The number of aromatic nitrogens is 1. The first kappa shape index (κ1) is 12.3. The van der Waals surface area contributed by atoms with Crippen molar-refractivity contribution < 1.29 is 4.79 Å². The first-order chi connectivity index (χ1) is 9.26. The summed E-state index contributed by atoms with van der Waals surface area (Å²) in [7, 11) is 0. The zero-order valence-corrected chi connectivity index (χ0v) is 12.0. The van der Waals surface area contributed by atoms with Crippen LogP contribution in [0, 0.1) is 0 Å². The van der Waals surface area contributed by atoms with Crippen molar-refractivity contribution in [3.63, 3.8) is 0 Å². The number of rotatable bonds is 3. The van der Waals surface area contributed by atoms with Gasteiger partial charge in [0, 0.05) is 0 Å². The van der Waals surface area contributed by atoms with Crippen LogP contribution in [0.2, 0.25) is 0 Å². The third kappa shape index (κ3) is 2.52. The fraction of sp³-hybridized carbons (Fsp3) is 0.143. The Morgan fingerprint density at radius 2 is 2.26 bits per heavy atom. The first-order valence-corrected chi connectivity index (χ1v) is 7.70. The number of hydrogen-bond acceptors (Lipinski definition) is 4. The summed E-state index contributed by atoms with van der Waals surface area (Å²) in [6.07, 6.45) is 1.00. The van der Waals surface area contributed by atoms with Crippen LogP contribution in [-0.4, -0.2) is 10.9 Å². The van der Waals surface area contributed by atoms with Gasteiger partial charge in [-0.2, -0.15) is 0 Å². The minimum absolute atomic E-state index is 0.0928. The molecule has 0 aliphatic heterocycles. The fourth-order valence-electron chi connectivity index (χ4n) is 1.81. The van der Waals surface area contributed by atoms with Gasteiger partial charge in [-0.25, -0.2) is 4.98 Å². The van der Waals surface area contributed by atoms with Crippen molar-refractivity contribution in [3.8, 4) is 0 Å². The number of thiophene rings is 1. The van der Waals surface area contributed by atoms with Crippen LogP contribution in [-0.2, 0) is 6.42 Å². The minimum Gasteiger partial charge on any atom is -0.297 e. The predicted molar refractivity (Wildman–Crippen MR) is 81.3 cm³/mol. The molecule has 5 heteroatoms. The molecule has 0 aliphatic rings. The van der Waals surface area contributed by atoms with Crippen LogP contribution in [0.3, 0.4) is 0 Å². The fourth-order valence-corrected chi connectivity index (χ4v) is 3.35. The summed E-state index contributed by atoms with van der Waals surface area (Å²) in [6, 6.07) is 9.89. The number of nitrogens with zero attached hydrogens (tertiary/aromatic N) is 1. The quantitative estimate of drug-likeness (QED) is 0.786. The highest BCUT2D eigenvalue weighted by molar-refractivity contribution is 7.22.